The first-order valence-corrected chi connectivity index (χ1v) is 10.6. The zero-order valence-corrected chi connectivity index (χ0v) is 17.6. The molecule has 3 atom stereocenters. The molecular weight excluding hydrogens is 381 g/mol. The molecule has 2 aliphatic rings. The third-order valence-corrected chi connectivity index (χ3v) is 6.74. The SMILES string of the molecule is CC1CN(C[C@H](c2cccc(OC(F)(F)F)c2)C2(O)CCCCC2)CC(C)N1C. The Kier molecular flexibility index (Phi) is 6.81. The quantitative estimate of drug-likeness (QED) is 0.775. The Balaban J connectivity index is 1.87. The van der Waals surface area contributed by atoms with Crippen LogP contribution >= 0.6 is 0 Å². The molecule has 0 radical (unpaired) electrons. The first kappa shape index (κ1) is 22.4. The van der Waals surface area contributed by atoms with Gasteiger partial charge in [-0.2, -0.15) is 0 Å². The fourth-order valence-electron chi connectivity index (χ4n) is 4.95. The van der Waals surface area contributed by atoms with E-state index >= 15 is 0 Å². The molecule has 0 aromatic heterocycles. The lowest BCUT2D eigenvalue weighted by Crippen LogP contribution is -2.57. The second kappa shape index (κ2) is 8.82. The number of hydrogen-bond acceptors (Lipinski definition) is 4. The van der Waals surface area contributed by atoms with E-state index in [-0.39, 0.29) is 11.7 Å². The van der Waals surface area contributed by atoms with Gasteiger partial charge >= 0.3 is 6.36 Å². The molecule has 1 aromatic carbocycles. The fourth-order valence-corrected chi connectivity index (χ4v) is 4.95. The van der Waals surface area contributed by atoms with Gasteiger partial charge in [0.1, 0.15) is 5.75 Å². The Labute approximate surface area is 171 Å². The highest BCUT2D eigenvalue weighted by molar-refractivity contribution is 5.33. The second-order valence-electron chi connectivity index (χ2n) is 8.92. The Morgan fingerprint density at radius 2 is 1.76 bits per heavy atom. The van der Waals surface area contributed by atoms with Crippen molar-refractivity contribution in [2.24, 2.45) is 0 Å². The summed E-state index contributed by atoms with van der Waals surface area (Å²) in [5.74, 6) is -0.470. The summed E-state index contributed by atoms with van der Waals surface area (Å²) in [7, 11) is 2.12. The molecule has 7 heteroatoms. The number of nitrogens with zero attached hydrogens (tertiary/aromatic N) is 2. The van der Waals surface area contributed by atoms with Crippen LogP contribution in [-0.2, 0) is 0 Å². The van der Waals surface area contributed by atoms with E-state index in [0.717, 1.165) is 37.9 Å². The fraction of sp³-hybridized carbons (Fsp3) is 0.727. The van der Waals surface area contributed by atoms with Crippen LogP contribution in [0, 0.1) is 0 Å². The van der Waals surface area contributed by atoms with E-state index in [1.165, 1.54) is 12.1 Å². The second-order valence-corrected chi connectivity index (χ2v) is 8.92. The molecule has 4 nitrogen and oxygen atoms in total. The zero-order chi connectivity index (χ0) is 21.2. The topological polar surface area (TPSA) is 35.9 Å². The Morgan fingerprint density at radius 3 is 2.34 bits per heavy atom. The summed E-state index contributed by atoms with van der Waals surface area (Å²) in [6.07, 6.45) is -0.378. The first-order chi connectivity index (χ1) is 13.6. The molecule has 1 aliphatic heterocycles. The maximum atomic E-state index is 12.7. The Morgan fingerprint density at radius 1 is 1.14 bits per heavy atom. The largest absolute Gasteiger partial charge is 0.573 e. The minimum atomic E-state index is -4.72. The maximum Gasteiger partial charge on any atom is 0.573 e. The van der Waals surface area contributed by atoms with Gasteiger partial charge in [0.25, 0.3) is 0 Å². The summed E-state index contributed by atoms with van der Waals surface area (Å²) in [6.45, 7) is 6.77. The van der Waals surface area contributed by atoms with Crippen LogP contribution in [0.25, 0.3) is 0 Å². The summed E-state index contributed by atoms with van der Waals surface area (Å²) >= 11 is 0. The van der Waals surface area contributed by atoms with Gasteiger partial charge in [-0.3, -0.25) is 9.80 Å². The van der Waals surface area contributed by atoms with Crippen molar-refractivity contribution in [1.29, 1.82) is 0 Å². The standard InChI is InChI=1S/C22H33F3N2O2/c1-16-13-27(14-17(2)26(16)3)15-20(21(28)10-5-4-6-11-21)18-8-7-9-19(12-18)29-22(23,24)25/h7-9,12,16-17,20,28H,4-6,10-11,13-15H2,1-3H3/t16?,17?,20-/m1/s1. The zero-order valence-electron chi connectivity index (χ0n) is 17.6. The third-order valence-electron chi connectivity index (χ3n) is 6.74. The van der Waals surface area contributed by atoms with Gasteiger partial charge in [-0.25, -0.2) is 0 Å². The van der Waals surface area contributed by atoms with Crippen LogP contribution < -0.4 is 4.74 Å². The van der Waals surface area contributed by atoms with Crippen molar-refractivity contribution < 1.29 is 23.0 Å². The number of alkyl halides is 3. The van der Waals surface area contributed by atoms with Gasteiger partial charge in [0.2, 0.25) is 0 Å². The number of halogens is 3. The summed E-state index contributed by atoms with van der Waals surface area (Å²) in [4.78, 5) is 4.70. The van der Waals surface area contributed by atoms with Crippen LogP contribution in [0.15, 0.2) is 24.3 Å². The van der Waals surface area contributed by atoms with Gasteiger partial charge in [-0.1, -0.05) is 31.4 Å². The highest BCUT2D eigenvalue weighted by atomic mass is 19.4. The predicted octanol–water partition coefficient (Wildman–Crippen LogP) is 4.39. The number of benzene rings is 1. The lowest BCUT2D eigenvalue weighted by molar-refractivity contribution is -0.274. The number of ether oxygens (including phenoxy) is 1. The number of likely N-dealkylation sites (N-methyl/N-ethyl adjacent to an activating group) is 1. The van der Waals surface area contributed by atoms with E-state index in [1.54, 1.807) is 6.07 Å². The minimum Gasteiger partial charge on any atom is -0.406 e. The van der Waals surface area contributed by atoms with Crippen molar-refractivity contribution in [1.82, 2.24) is 9.80 Å². The van der Waals surface area contributed by atoms with E-state index in [9.17, 15) is 18.3 Å². The van der Waals surface area contributed by atoms with E-state index in [1.807, 2.05) is 6.07 Å². The summed E-state index contributed by atoms with van der Waals surface area (Å²) < 4.78 is 42.3. The molecule has 0 amide bonds. The molecule has 1 aliphatic carbocycles. The van der Waals surface area contributed by atoms with Crippen molar-refractivity contribution >= 4 is 0 Å². The predicted molar refractivity (Wildman–Crippen MR) is 107 cm³/mol. The van der Waals surface area contributed by atoms with E-state index in [0.29, 0.717) is 31.5 Å². The van der Waals surface area contributed by atoms with Crippen LogP contribution in [-0.4, -0.2) is 65.6 Å². The van der Waals surface area contributed by atoms with Crippen LogP contribution in [0.3, 0.4) is 0 Å². The molecule has 29 heavy (non-hydrogen) atoms. The highest BCUT2D eigenvalue weighted by Crippen LogP contribution is 2.42. The van der Waals surface area contributed by atoms with Gasteiger partial charge in [-0.15, -0.1) is 13.2 Å². The minimum absolute atomic E-state index is 0.223. The molecule has 0 bridgehead atoms. The van der Waals surface area contributed by atoms with Gasteiger partial charge in [0, 0.05) is 37.6 Å². The Bertz CT molecular complexity index is 664. The van der Waals surface area contributed by atoms with Gasteiger partial charge < -0.3 is 9.84 Å². The van der Waals surface area contributed by atoms with Crippen LogP contribution in [0.4, 0.5) is 13.2 Å². The van der Waals surface area contributed by atoms with Crippen LogP contribution in [0.1, 0.15) is 57.4 Å². The molecule has 3 rings (SSSR count). The van der Waals surface area contributed by atoms with Crippen LogP contribution in [0.2, 0.25) is 0 Å². The van der Waals surface area contributed by atoms with Gasteiger partial charge in [0.15, 0.2) is 0 Å². The Hall–Kier alpha value is -1.31. The average Bonchev–Trinajstić information content (AvgIpc) is 2.63. The molecule has 2 unspecified atom stereocenters. The summed E-state index contributed by atoms with van der Waals surface area (Å²) in [5.41, 5.74) is -0.180. The number of piperazine rings is 1. The van der Waals surface area contributed by atoms with Crippen LogP contribution in [0.5, 0.6) is 5.75 Å². The molecule has 1 saturated carbocycles. The number of rotatable bonds is 5. The van der Waals surface area contributed by atoms with Gasteiger partial charge in [0.05, 0.1) is 5.60 Å². The van der Waals surface area contributed by atoms with Crippen molar-refractivity contribution in [3.8, 4) is 5.75 Å². The molecule has 1 heterocycles. The molecular formula is C22H33F3N2O2. The molecule has 0 spiro atoms. The molecule has 2 fully saturated rings. The lowest BCUT2D eigenvalue weighted by Gasteiger charge is -2.46. The molecule has 1 saturated heterocycles. The third kappa shape index (κ3) is 5.64. The number of hydrogen-bond donors (Lipinski definition) is 1. The first-order valence-electron chi connectivity index (χ1n) is 10.6. The monoisotopic (exact) mass is 414 g/mol. The average molecular weight is 415 g/mol. The molecule has 1 N–H and O–H groups in total. The summed E-state index contributed by atoms with van der Waals surface area (Å²) in [5, 5.41) is 11.5. The normalized spacial score (nSPS) is 27.6. The van der Waals surface area contributed by atoms with E-state index in [2.05, 4.69) is 35.4 Å². The number of aliphatic hydroxyl groups is 1. The molecule has 164 valence electrons. The lowest BCUT2D eigenvalue weighted by atomic mass is 9.72. The van der Waals surface area contributed by atoms with E-state index < -0.39 is 12.0 Å². The highest BCUT2D eigenvalue weighted by Gasteiger charge is 2.41. The van der Waals surface area contributed by atoms with Crippen molar-refractivity contribution in [3.05, 3.63) is 29.8 Å². The molecule has 1 aromatic rings. The van der Waals surface area contributed by atoms with Crippen molar-refractivity contribution in [3.63, 3.8) is 0 Å². The van der Waals surface area contributed by atoms with Gasteiger partial charge in [-0.05, 0) is 51.4 Å². The summed E-state index contributed by atoms with van der Waals surface area (Å²) in [6, 6.07) is 6.96. The van der Waals surface area contributed by atoms with E-state index in [4.69, 9.17) is 0 Å². The smallest absolute Gasteiger partial charge is 0.406 e. The van der Waals surface area contributed by atoms with Crippen molar-refractivity contribution in [2.45, 2.75) is 75.9 Å². The maximum absolute atomic E-state index is 12.7. The van der Waals surface area contributed by atoms with Crippen molar-refractivity contribution in [2.75, 3.05) is 26.7 Å².